The lowest BCUT2D eigenvalue weighted by molar-refractivity contribution is -1.02. The number of nitrogens with one attached hydrogen (secondary N) is 2. The summed E-state index contributed by atoms with van der Waals surface area (Å²) < 4.78 is 13.2. The zero-order chi connectivity index (χ0) is 16.7. The first kappa shape index (κ1) is 16.3. The van der Waals surface area contributed by atoms with E-state index in [4.69, 9.17) is 11.6 Å². The Kier molecular flexibility index (Phi) is 4.48. The topological polar surface area (TPSA) is 26.0 Å². The van der Waals surface area contributed by atoms with E-state index in [2.05, 4.69) is 19.2 Å². The Morgan fingerprint density at radius 2 is 1.79 bits per heavy atom. The average molecular weight is 363 g/mol. The number of fused-ring (bicyclic) bond motifs is 2. The lowest BCUT2D eigenvalue weighted by atomic mass is 9.96. The van der Waals surface area contributed by atoms with Crippen molar-refractivity contribution in [1.29, 1.82) is 0 Å². The molecule has 0 bridgehead atoms. The van der Waals surface area contributed by atoms with Crippen molar-refractivity contribution in [1.82, 2.24) is 0 Å². The number of rotatable bonds is 1. The highest BCUT2D eigenvalue weighted by atomic mass is 35.5. The summed E-state index contributed by atoms with van der Waals surface area (Å²) in [7, 11) is 1.14. The van der Waals surface area contributed by atoms with Crippen LogP contribution in [0.3, 0.4) is 0 Å². The van der Waals surface area contributed by atoms with E-state index in [-0.39, 0.29) is 0 Å². The zero-order valence-corrected chi connectivity index (χ0v) is 15.4. The SMILES string of the molecule is C[NH+]1CC[NH+]([C@H]2Cc3ccccc3[S@@](=O)c3ccc(Cl)cc32)CC1. The smallest absolute Gasteiger partial charge is 0.127 e. The van der Waals surface area contributed by atoms with Gasteiger partial charge >= 0.3 is 0 Å². The molecule has 2 aromatic rings. The number of halogens is 1. The second kappa shape index (κ2) is 6.60. The van der Waals surface area contributed by atoms with Crippen LogP contribution in [-0.2, 0) is 17.2 Å². The predicted octanol–water partition coefficient (Wildman–Crippen LogP) is 0.517. The summed E-state index contributed by atoms with van der Waals surface area (Å²) in [6, 6.07) is 14.4. The Balaban J connectivity index is 1.82. The van der Waals surface area contributed by atoms with E-state index >= 15 is 0 Å². The minimum Gasteiger partial charge on any atom is -0.328 e. The summed E-state index contributed by atoms with van der Waals surface area (Å²) in [6.45, 7) is 4.67. The summed E-state index contributed by atoms with van der Waals surface area (Å²) in [5.74, 6) is 0. The van der Waals surface area contributed by atoms with Crippen LogP contribution in [0.1, 0.15) is 17.2 Å². The molecule has 0 radical (unpaired) electrons. The summed E-state index contributed by atoms with van der Waals surface area (Å²) in [5.41, 5.74) is 2.39. The van der Waals surface area contributed by atoms with E-state index in [1.165, 1.54) is 24.2 Å². The van der Waals surface area contributed by atoms with Gasteiger partial charge in [0.1, 0.15) is 32.2 Å². The standard InChI is InChI=1S/C19H21ClN2OS/c1-21-8-10-22(11-9-21)17-12-14-4-2-3-5-18(14)24(23)19-7-6-15(20)13-16(17)19/h2-7,13,17H,8-12H2,1H3/p+2/t17-,24+/m0/s1. The van der Waals surface area contributed by atoms with Crippen LogP contribution in [0.15, 0.2) is 52.3 Å². The minimum atomic E-state index is -1.13. The van der Waals surface area contributed by atoms with Crippen molar-refractivity contribution in [3.63, 3.8) is 0 Å². The maximum Gasteiger partial charge on any atom is 0.127 e. The number of benzene rings is 2. The third-order valence-corrected chi connectivity index (χ3v) is 7.19. The van der Waals surface area contributed by atoms with E-state index < -0.39 is 10.8 Å². The van der Waals surface area contributed by atoms with Crippen LogP contribution < -0.4 is 9.80 Å². The second-order valence-electron chi connectivity index (χ2n) is 6.93. The van der Waals surface area contributed by atoms with Crippen LogP contribution in [0.5, 0.6) is 0 Å². The van der Waals surface area contributed by atoms with Gasteiger partial charge in [0.25, 0.3) is 0 Å². The first-order valence-corrected chi connectivity index (χ1v) is 10.1. The van der Waals surface area contributed by atoms with Crippen molar-refractivity contribution in [3.05, 3.63) is 58.6 Å². The zero-order valence-electron chi connectivity index (χ0n) is 13.8. The molecule has 2 heterocycles. The summed E-state index contributed by atoms with van der Waals surface area (Å²) in [6.07, 6.45) is 0.934. The lowest BCUT2D eigenvalue weighted by Gasteiger charge is -2.33. The first-order valence-electron chi connectivity index (χ1n) is 8.58. The fourth-order valence-corrected chi connectivity index (χ4v) is 5.59. The number of quaternary nitrogens is 2. The molecule has 0 spiro atoms. The molecule has 2 N–H and O–H groups in total. The Morgan fingerprint density at radius 1 is 1.04 bits per heavy atom. The molecule has 0 saturated carbocycles. The highest BCUT2D eigenvalue weighted by Gasteiger charge is 2.35. The largest absolute Gasteiger partial charge is 0.328 e. The van der Waals surface area contributed by atoms with E-state index in [1.54, 1.807) is 9.80 Å². The molecule has 0 unspecified atom stereocenters. The van der Waals surface area contributed by atoms with Gasteiger partial charge in [-0.25, -0.2) is 4.21 Å². The molecule has 24 heavy (non-hydrogen) atoms. The monoisotopic (exact) mass is 362 g/mol. The highest BCUT2D eigenvalue weighted by Crippen LogP contribution is 2.34. The quantitative estimate of drug-likeness (QED) is 0.760. The third-order valence-electron chi connectivity index (χ3n) is 5.38. The van der Waals surface area contributed by atoms with Gasteiger partial charge in [-0.3, -0.25) is 0 Å². The Labute approximate surface area is 150 Å². The molecule has 0 aromatic heterocycles. The molecule has 1 saturated heterocycles. The maximum absolute atomic E-state index is 13.2. The molecule has 2 aliphatic rings. The molecule has 2 atom stereocenters. The molecule has 1 fully saturated rings. The molecule has 4 rings (SSSR count). The average Bonchev–Trinajstić information content (AvgIpc) is 2.71. The van der Waals surface area contributed by atoms with E-state index in [9.17, 15) is 4.21 Å². The molecule has 2 aliphatic heterocycles. The Bertz CT molecular complexity index is 787. The van der Waals surface area contributed by atoms with Gasteiger partial charge in [-0.05, 0) is 29.8 Å². The second-order valence-corrected chi connectivity index (χ2v) is 8.78. The van der Waals surface area contributed by atoms with Gasteiger partial charge in [-0.2, -0.15) is 0 Å². The molecular formula is C19H23ClN2OS+2. The molecule has 3 nitrogen and oxygen atoms in total. The van der Waals surface area contributed by atoms with Gasteiger partial charge in [-0.1, -0.05) is 29.8 Å². The van der Waals surface area contributed by atoms with Crippen molar-refractivity contribution in [2.24, 2.45) is 0 Å². The molecule has 0 aliphatic carbocycles. The van der Waals surface area contributed by atoms with Gasteiger partial charge < -0.3 is 9.80 Å². The van der Waals surface area contributed by atoms with Crippen molar-refractivity contribution >= 4 is 22.4 Å². The highest BCUT2D eigenvalue weighted by molar-refractivity contribution is 7.85. The van der Waals surface area contributed by atoms with Crippen LogP contribution in [0.4, 0.5) is 0 Å². The van der Waals surface area contributed by atoms with Gasteiger partial charge in [-0.15, -0.1) is 0 Å². The van der Waals surface area contributed by atoms with Crippen LogP contribution in [0.2, 0.25) is 5.02 Å². The van der Waals surface area contributed by atoms with E-state index in [0.29, 0.717) is 6.04 Å². The first-order chi connectivity index (χ1) is 11.6. The molecule has 126 valence electrons. The number of piperazine rings is 1. The number of likely N-dealkylation sites (N-methyl/N-ethyl adjacent to an activating group) is 1. The fourth-order valence-electron chi connectivity index (χ4n) is 3.97. The van der Waals surface area contributed by atoms with E-state index in [0.717, 1.165) is 34.3 Å². The van der Waals surface area contributed by atoms with Crippen molar-refractivity contribution < 1.29 is 14.0 Å². The van der Waals surface area contributed by atoms with Crippen molar-refractivity contribution in [2.75, 3.05) is 33.2 Å². The molecule has 5 heteroatoms. The number of hydrogen-bond donors (Lipinski definition) is 2. The van der Waals surface area contributed by atoms with Crippen LogP contribution in [-0.4, -0.2) is 37.4 Å². The summed E-state index contributed by atoms with van der Waals surface area (Å²) in [5, 5.41) is 0.737. The van der Waals surface area contributed by atoms with Gasteiger partial charge in [0.2, 0.25) is 0 Å². The van der Waals surface area contributed by atoms with Gasteiger partial charge in [0, 0.05) is 21.9 Å². The fraction of sp³-hybridized carbons (Fsp3) is 0.368. The van der Waals surface area contributed by atoms with Crippen molar-refractivity contribution in [3.8, 4) is 0 Å². The number of hydrogen-bond acceptors (Lipinski definition) is 1. The normalized spacial score (nSPS) is 29.4. The Hall–Kier alpha value is -1.20. The molecular weight excluding hydrogens is 340 g/mol. The summed E-state index contributed by atoms with van der Waals surface area (Å²) >= 11 is 6.30. The van der Waals surface area contributed by atoms with Crippen LogP contribution in [0.25, 0.3) is 0 Å². The van der Waals surface area contributed by atoms with Crippen LogP contribution >= 0.6 is 11.6 Å². The molecule has 2 aromatic carbocycles. The third kappa shape index (κ3) is 2.93. The molecule has 0 amide bonds. The maximum atomic E-state index is 13.2. The van der Waals surface area contributed by atoms with Gasteiger partial charge in [0.15, 0.2) is 0 Å². The van der Waals surface area contributed by atoms with E-state index in [1.807, 2.05) is 30.3 Å². The van der Waals surface area contributed by atoms with Crippen LogP contribution in [0, 0.1) is 0 Å². The van der Waals surface area contributed by atoms with Gasteiger partial charge in [0.05, 0.1) is 22.7 Å². The predicted molar refractivity (Wildman–Crippen MR) is 96.3 cm³/mol. The Morgan fingerprint density at radius 3 is 2.58 bits per heavy atom. The summed E-state index contributed by atoms with van der Waals surface area (Å²) in [4.78, 5) is 5.09. The van der Waals surface area contributed by atoms with Crippen molar-refractivity contribution in [2.45, 2.75) is 22.3 Å². The lowest BCUT2D eigenvalue weighted by Crippen LogP contribution is -3.27. The minimum absolute atomic E-state index is 0.333.